The van der Waals surface area contributed by atoms with Gasteiger partial charge in [0, 0.05) is 30.8 Å². The average molecular weight is 424 g/mol. The summed E-state index contributed by atoms with van der Waals surface area (Å²) >= 11 is 3.37. The molecule has 0 spiro atoms. The van der Waals surface area contributed by atoms with Gasteiger partial charge in [-0.15, -0.1) is 13.2 Å². The van der Waals surface area contributed by atoms with E-state index in [-0.39, 0.29) is 29.8 Å². The maximum absolute atomic E-state index is 13.0. The Morgan fingerprint density at radius 3 is 2.46 bits per heavy atom. The topological polar surface area (TPSA) is 104 Å². The minimum atomic E-state index is -0.220. The van der Waals surface area contributed by atoms with Crippen LogP contribution in [0.15, 0.2) is 35.8 Å². The van der Waals surface area contributed by atoms with Gasteiger partial charge in [-0.1, -0.05) is 26.0 Å². The van der Waals surface area contributed by atoms with Crippen LogP contribution >= 0.6 is 15.9 Å². The summed E-state index contributed by atoms with van der Waals surface area (Å²) in [7, 11) is 1.63. The highest BCUT2D eigenvalue weighted by Crippen LogP contribution is 2.36. The second-order valence-electron chi connectivity index (χ2n) is 6.39. The number of allylic oxidation sites excluding steroid dienone is 1. The van der Waals surface area contributed by atoms with Crippen LogP contribution in [0.1, 0.15) is 36.2 Å². The predicted molar refractivity (Wildman–Crippen MR) is 113 cm³/mol. The molecule has 1 aliphatic rings. The molecule has 144 valence electrons. The number of carbonyl (C=O) groups excluding carboxylic acids is 1. The van der Waals surface area contributed by atoms with Crippen LogP contribution in [0.2, 0.25) is 0 Å². The van der Waals surface area contributed by atoms with Crippen LogP contribution in [-0.2, 0) is 11.2 Å². The molecule has 6 heteroatoms. The second kappa shape index (κ2) is 9.90. The van der Waals surface area contributed by atoms with Gasteiger partial charge in [0.05, 0.1) is 16.3 Å². The van der Waals surface area contributed by atoms with Crippen molar-refractivity contribution >= 4 is 33.1 Å². The molecule has 4 atom stereocenters. The van der Waals surface area contributed by atoms with E-state index in [1.807, 2.05) is 19.1 Å². The third-order valence-electron chi connectivity index (χ3n) is 4.92. The molecular formula is C20H30BrN3O2. The number of Topliss-reactive ketones (excluding diaryl/α,β-unsaturated/α-hetero) is 1. The van der Waals surface area contributed by atoms with Gasteiger partial charge in [-0.05, 0) is 45.8 Å². The molecule has 1 aromatic rings. The highest BCUT2D eigenvalue weighted by molar-refractivity contribution is 9.10. The van der Waals surface area contributed by atoms with Crippen LogP contribution in [-0.4, -0.2) is 25.0 Å². The molecule has 0 saturated carbocycles. The fraction of sp³-hybridized carbons (Fsp3) is 0.450. The van der Waals surface area contributed by atoms with E-state index in [1.165, 1.54) is 0 Å². The van der Waals surface area contributed by atoms with E-state index in [0.717, 1.165) is 5.56 Å². The zero-order valence-corrected chi connectivity index (χ0v) is 17.4. The Morgan fingerprint density at radius 2 is 1.92 bits per heavy atom. The summed E-state index contributed by atoms with van der Waals surface area (Å²) in [6, 6.07) is 1.60. The molecule has 2 rings (SSSR count). The molecule has 0 saturated heterocycles. The Bertz CT molecular complexity index is 676. The Kier molecular flexibility index (Phi) is 8.53. The maximum atomic E-state index is 13.0. The van der Waals surface area contributed by atoms with Gasteiger partial charge in [-0.3, -0.25) is 4.79 Å². The van der Waals surface area contributed by atoms with Crippen LogP contribution in [0.5, 0.6) is 0 Å². The lowest BCUT2D eigenvalue weighted by atomic mass is 9.76. The van der Waals surface area contributed by atoms with Gasteiger partial charge >= 0.3 is 0 Å². The number of benzene rings is 1. The van der Waals surface area contributed by atoms with Crippen molar-refractivity contribution in [3.8, 4) is 0 Å². The van der Waals surface area contributed by atoms with Gasteiger partial charge in [-0.2, -0.15) is 0 Å². The molecule has 0 radical (unpaired) electrons. The summed E-state index contributed by atoms with van der Waals surface area (Å²) in [4.78, 5) is 13.0. The number of nitrogen functional groups attached to an aromatic ring is 2. The lowest BCUT2D eigenvalue weighted by Gasteiger charge is -2.35. The number of aryl methyl sites for hydroxylation is 1. The largest absolute Gasteiger partial charge is 0.398 e. The first-order chi connectivity index (χ1) is 12.3. The predicted octanol–water partition coefficient (Wildman–Crippen LogP) is 3.72. The fourth-order valence-electron chi connectivity index (χ4n) is 3.39. The Morgan fingerprint density at radius 1 is 1.31 bits per heavy atom. The van der Waals surface area contributed by atoms with E-state index >= 15 is 0 Å². The summed E-state index contributed by atoms with van der Waals surface area (Å²) in [5.41, 5.74) is 20.8. The van der Waals surface area contributed by atoms with Crippen LogP contribution in [0, 0.1) is 11.8 Å². The zero-order chi connectivity index (χ0) is 20.0. The van der Waals surface area contributed by atoms with Crippen molar-refractivity contribution in [3.05, 3.63) is 47.0 Å². The molecule has 0 bridgehead atoms. The zero-order valence-electron chi connectivity index (χ0n) is 15.8. The van der Waals surface area contributed by atoms with Crippen molar-refractivity contribution in [1.82, 2.24) is 0 Å². The van der Waals surface area contributed by atoms with Gasteiger partial charge in [0.25, 0.3) is 0 Å². The first kappa shape index (κ1) is 22.4. The van der Waals surface area contributed by atoms with Crippen molar-refractivity contribution in [1.29, 1.82) is 0 Å². The fourth-order valence-corrected chi connectivity index (χ4v) is 3.71. The number of anilines is 2. The van der Waals surface area contributed by atoms with Gasteiger partial charge in [0.1, 0.15) is 0 Å². The number of ether oxygens (including phenoxy) is 1. The molecule has 1 aromatic carbocycles. The first-order valence-electron chi connectivity index (χ1n) is 8.67. The number of methoxy groups -OCH3 is 1. The van der Waals surface area contributed by atoms with E-state index in [9.17, 15) is 4.79 Å². The van der Waals surface area contributed by atoms with E-state index < -0.39 is 0 Å². The molecule has 0 fully saturated rings. The third-order valence-corrected chi connectivity index (χ3v) is 5.80. The highest BCUT2D eigenvalue weighted by Gasteiger charge is 2.34. The molecule has 0 aromatic heterocycles. The SMILES string of the molecule is C=C.CCc1cc(N)c(Br)c(N)c1C(=O)CC1C(C)C=CC(OC)C1N. The molecule has 1 aliphatic carbocycles. The van der Waals surface area contributed by atoms with Crippen LogP contribution < -0.4 is 17.2 Å². The van der Waals surface area contributed by atoms with Crippen molar-refractivity contribution in [2.24, 2.45) is 17.6 Å². The maximum Gasteiger partial charge on any atom is 0.165 e. The number of nitrogens with two attached hydrogens (primary N) is 3. The molecule has 5 nitrogen and oxygen atoms in total. The van der Waals surface area contributed by atoms with Crippen LogP contribution in [0.4, 0.5) is 11.4 Å². The van der Waals surface area contributed by atoms with E-state index in [1.54, 1.807) is 7.11 Å². The molecule has 0 heterocycles. The summed E-state index contributed by atoms with van der Waals surface area (Å²) in [5, 5.41) is 0. The van der Waals surface area contributed by atoms with Crippen LogP contribution in [0.3, 0.4) is 0 Å². The number of carbonyl (C=O) groups is 1. The van der Waals surface area contributed by atoms with E-state index in [0.29, 0.717) is 34.3 Å². The minimum Gasteiger partial charge on any atom is -0.398 e. The summed E-state index contributed by atoms with van der Waals surface area (Å²) in [5.74, 6) is 0.217. The number of rotatable bonds is 5. The third kappa shape index (κ3) is 4.55. The monoisotopic (exact) mass is 423 g/mol. The molecule has 4 unspecified atom stereocenters. The number of ketones is 1. The van der Waals surface area contributed by atoms with Crippen LogP contribution in [0.25, 0.3) is 0 Å². The smallest absolute Gasteiger partial charge is 0.165 e. The van der Waals surface area contributed by atoms with Gasteiger partial charge < -0.3 is 21.9 Å². The van der Waals surface area contributed by atoms with Crippen molar-refractivity contribution < 1.29 is 9.53 Å². The molecule has 26 heavy (non-hydrogen) atoms. The number of halogens is 1. The minimum absolute atomic E-state index is 0.00232. The quantitative estimate of drug-likeness (QED) is 0.380. The summed E-state index contributed by atoms with van der Waals surface area (Å²) in [6.45, 7) is 10.1. The van der Waals surface area contributed by atoms with Gasteiger partial charge in [0.2, 0.25) is 0 Å². The Balaban J connectivity index is 0.00000163. The molecular weight excluding hydrogens is 394 g/mol. The lowest BCUT2D eigenvalue weighted by Crippen LogP contribution is -2.47. The standard InChI is InChI=1S/C18H26BrN3O2.C2H4/c1-4-10-7-12(20)16(19)18(22)15(10)13(23)8-11-9(2)5-6-14(24-3)17(11)21;1-2/h5-7,9,11,14,17H,4,8,20-22H2,1-3H3;1-2H2. The van der Waals surface area contributed by atoms with E-state index in [4.69, 9.17) is 21.9 Å². The van der Waals surface area contributed by atoms with Gasteiger partial charge in [-0.25, -0.2) is 0 Å². The van der Waals surface area contributed by atoms with Crippen molar-refractivity contribution in [2.45, 2.75) is 38.8 Å². The van der Waals surface area contributed by atoms with E-state index in [2.05, 4.69) is 42.1 Å². The summed E-state index contributed by atoms with van der Waals surface area (Å²) in [6.07, 6.45) is 4.90. The average Bonchev–Trinajstić information content (AvgIpc) is 2.64. The highest BCUT2D eigenvalue weighted by atomic mass is 79.9. The number of hydrogen-bond acceptors (Lipinski definition) is 5. The first-order valence-corrected chi connectivity index (χ1v) is 9.47. The van der Waals surface area contributed by atoms with Crippen molar-refractivity contribution in [2.75, 3.05) is 18.6 Å². The second-order valence-corrected chi connectivity index (χ2v) is 7.19. The Hall–Kier alpha value is -1.63. The molecule has 0 amide bonds. The normalized spacial score (nSPS) is 24.7. The summed E-state index contributed by atoms with van der Waals surface area (Å²) < 4.78 is 5.98. The Labute approximate surface area is 164 Å². The lowest BCUT2D eigenvalue weighted by molar-refractivity contribution is 0.0710. The number of hydrogen-bond donors (Lipinski definition) is 3. The molecule has 0 aliphatic heterocycles. The molecule has 6 N–H and O–H groups in total. The van der Waals surface area contributed by atoms with Crippen molar-refractivity contribution in [3.63, 3.8) is 0 Å². The van der Waals surface area contributed by atoms with Gasteiger partial charge in [0.15, 0.2) is 5.78 Å².